The number of methoxy groups -OCH3 is 1. The fourth-order valence-electron chi connectivity index (χ4n) is 2.23. The van der Waals surface area contributed by atoms with E-state index in [0.29, 0.717) is 4.88 Å². The second-order valence-electron chi connectivity index (χ2n) is 4.76. The zero-order valence-corrected chi connectivity index (χ0v) is 12.2. The average Bonchev–Trinajstić information content (AvgIpc) is 2.77. The molecule has 0 aromatic carbocycles. The Morgan fingerprint density at radius 1 is 1.53 bits per heavy atom. The molecule has 0 radical (unpaired) electrons. The molecule has 1 fully saturated rings. The molecule has 6 heteroatoms. The van der Waals surface area contributed by atoms with Crippen LogP contribution in [0, 0.1) is 6.92 Å². The number of aromatic nitrogens is 1. The Labute approximate surface area is 116 Å². The molecule has 1 amide bonds. The maximum absolute atomic E-state index is 12.6. The van der Waals surface area contributed by atoms with Gasteiger partial charge >= 0.3 is 5.97 Å². The van der Waals surface area contributed by atoms with Gasteiger partial charge in [0.25, 0.3) is 5.91 Å². The van der Waals surface area contributed by atoms with E-state index in [1.807, 2.05) is 6.92 Å². The minimum atomic E-state index is -0.552. The summed E-state index contributed by atoms with van der Waals surface area (Å²) in [6.07, 6.45) is 3.00. The number of amides is 1. The number of hydrogen-bond acceptors (Lipinski definition) is 5. The van der Waals surface area contributed by atoms with E-state index < -0.39 is 6.04 Å². The minimum absolute atomic E-state index is 0.109. The van der Waals surface area contributed by atoms with Gasteiger partial charge in [-0.25, -0.2) is 9.78 Å². The van der Waals surface area contributed by atoms with Crippen LogP contribution in [0.4, 0.5) is 0 Å². The molecule has 2 rings (SSSR count). The van der Waals surface area contributed by atoms with Crippen molar-refractivity contribution in [2.75, 3.05) is 7.11 Å². The van der Waals surface area contributed by atoms with E-state index in [0.717, 1.165) is 25.0 Å². The largest absolute Gasteiger partial charge is 0.467 e. The highest BCUT2D eigenvalue weighted by Gasteiger charge is 2.37. The van der Waals surface area contributed by atoms with Gasteiger partial charge in [0.15, 0.2) is 0 Å². The molecule has 0 spiro atoms. The van der Waals surface area contributed by atoms with Gasteiger partial charge in [-0.2, -0.15) is 0 Å². The van der Waals surface area contributed by atoms with Crippen molar-refractivity contribution in [2.24, 2.45) is 0 Å². The smallest absolute Gasteiger partial charge is 0.328 e. The van der Waals surface area contributed by atoms with E-state index in [2.05, 4.69) is 4.98 Å². The van der Waals surface area contributed by atoms with Gasteiger partial charge in [0.1, 0.15) is 10.9 Å². The molecule has 1 aromatic rings. The predicted octanol–water partition coefficient (Wildman–Crippen LogP) is 2.01. The molecule has 19 heavy (non-hydrogen) atoms. The summed E-state index contributed by atoms with van der Waals surface area (Å²) in [4.78, 5) is 30.7. The molecule has 1 atom stereocenters. The molecular formula is C13H18N2O3S. The highest BCUT2D eigenvalue weighted by atomic mass is 32.1. The van der Waals surface area contributed by atoms with Crippen molar-refractivity contribution in [3.63, 3.8) is 0 Å². The molecule has 1 aromatic heterocycles. The lowest BCUT2D eigenvalue weighted by Gasteiger charge is -2.40. The van der Waals surface area contributed by atoms with Gasteiger partial charge in [-0.3, -0.25) is 4.79 Å². The van der Waals surface area contributed by atoms with Crippen LogP contribution < -0.4 is 0 Å². The highest BCUT2D eigenvalue weighted by Crippen LogP contribution is 2.29. The van der Waals surface area contributed by atoms with Gasteiger partial charge in [0.05, 0.1) is 18.3 Å². The summed E-state index contributed by atoms with van der Waals surface area (Å²) in [5.74, 6) is -0.481. The van der Waals surface area contributed by atoms with E-state index in [1.165, 1.54) is 18.4 Å². The van der Waals surface area contributed by atoms with Crippen molar-refractivity contribution < 1.29 is 14.3 Å². The first-order valence-electron chi connectivity index (χ1n) is 6.36. The Kier molecular flexibility index (Phi) is 4.19. The number of esters is 1. The number of ether oxygens (including phenoxy) is 1. The van der Waals surface area contributed by atoms with E-state index in [1.54, 1.807) is 17.3 Å². The first kappa shape index (κ1) is 14.0. The Morgan fingerprint density at radius 2 is 2.21 bits per heavy atom. The maximum Gasteiger partial charge on any atom is 0.328 e. The lowest BCUT2D eigenvalue weighted by molar-refractivity contribution is -0.146. The number of nitrogens with zero attached hydrogens (tertiary/aromatic N) is 2. The van der Waals surface area contributed by atoms with Gasteiger partial charge < -0.3 is 9.64 Å². The second kappa shape index (κ2) is 5.69. The zero-order chi connectivity index (χ0) is 14.0. The number of aryl methyl sites for hydroxylation is 1. The summed E-state index contributed by atoms with van der Waals surface area (Å²) < 4.78 is 4.76. The highest BCUT2D eigenvalue weighted by molar-refractivity contribution is 7.11. The molecule has 1 aliphatic carbocycles. The third-order valence-electron chi connectivity index (χ3n) is 3.60. The summed E-state index contributed by atoms with van der Waals surface area (Å²) in [7, 11) is 1.35. The number of thiazole rings is 1. The molecule has 104 valence electrons. The summed E-state index contributed by atoms with van der Waals surface area (Å²) >= 11 is 1.32. The van der Waals surface area contributed by atoms with Gasteiger partial charge in [-0.15, -0.1) is 11.3 Å². The first-order chi connectivity index (χ1) is 9.06. The number of carbonyl (C=O) groups is 2. The summed E-state index contributed by atoms with van der Waals surface area (Å²) in [5, 5.41) is 0. The van der Waals surface area contributed by atoms with Crippen LogP contribution in [0.2, 0.25) is 0 Å². The Balaban J connectivity index is 2.25. The third-order valence-corrected chi connectivity index (χ3v) is 4.52. The van der Waals surface area contributed by atoms with Crippen molar-refractivity contribution in [2.45, 2.75) is 45.2 Å². The standard InChI is InChI=1S/C13H18N2O3S/c1-8-11(19-7-14-8)12(16)15(10-5-4-6-10)9(2)13(17)18-3/h7,9-10H,4-6H2,1-3H3/t9-/m1/s1. The van der Waals surface area contributed by atoms with Gasteiger partial charge in [-0.05, 0) is 33.1 Å². The van der Waals surface area contributed by atoms with Crippen molar-refractivity contribution in [3.8, 4) is 0 Å². The molecule has 1 aliphatic rings. The summed E-state index contributed by atoms with van der Waals surface area (Å²) in [5.41, 5.74) is 2.38. The van der Waals surface area contributed by atoms with Gasteiger partial charge in [0, 0.05) is 6.04 Å². The van der Waals surface area contributed by atoms with E-state index in [4.69, 9.17) is 4.74 Å². The number of carbonyl (C=O) groups excluding carboxylic acids is 2. The summed E-state index contributed by atoms with van der Waals surface area (Å²) in [6, 6.07) is -0.410. The van der Waals surface area contributed by atoms with Crippen molar-refractivity contribution in [1.29, 1.82) is 0 Å². The Bertz CT molecular complexity index is 482. The fraction of sp³-hybridized carbons (Fsp3) is 0.615. The zero-order valence-electron chi connectivity index (χ0n) is 11.4. The lowest BCUT2D eigenvalue weighted by Crippen LogP contribution is -2.52. The monoisotopic (exact) mass is 282 g/mol. The van der Waals surface area contributed by atoms with Gasteiger partial charge in [-0.1, -0.05) is 0 Å². The second-order valence-corrected chi connectivity index (χ2v) is 5.62. The number of rotatable bonds is 4. The quantitative estimate of drug-likeness (QED) is 0.793. The third kappa shape index (κ3) is 2.63. The molecule has 0 unspecified atom stereocenters. The first-order valence-corrected chi connectivity index (χ1v) is 7.24. The van der Waals surface area contributed by atoms with Crippen LogP contribution in [0.1, 0.15) is 41.6 Å². The lowest BCUT2D eigenvalue weighted by atomic mass is 9.90. The fourth-order valence-corrected chi connectivity index (χ4v) is 2.98. The van der Waals surface area contributed by atoms with Crippen LogP contribution in [0.3, 0.4) is 0 Å². The van der Waals surface area contributed by atoms with Crippen LogP contribution in [0.15, 0.2) is 5.51 Å². The topological polar surface area (TPSA) is 59.5 Å². The number of hydrogen-bond donors (Lipinski definition) is 0. The Hall–Kier alpha value is -1.43. The molecule has 5 nitrogen and oxygen atoms in total. The molecule has 0 saturated heterocycles. The van der Waals surface area contributed by atoms with E-state index >= 15 is 0 Å². The van der Waals surface area contributed by atoms with Crippen LogP contribution >= 0.6 is 11.3 Å². The maximum atomic E-state index is 12.6. The van der Waals surface area contributed by atoms with Crippen LogP contribution in [-0.4, -0.2) is 41.0 Å². The van der Waals surface area contributed by atoms with E-state index in [-0.39, 0.29) is 17.9 Å². The van der Waals surface area contributed by atoms with Crippen LogP contribution in [0.25, 0.3) is 0 Å². The van der Waals surface area contributed by atoms with E-state index in [9.17, 15) is 9.59 Å². The summed E-state index contributed by atoms with van der Waals surface area (Å²) in [6.45, 7) is 3.53. The molecule has 1 heterocycles. The molecule has 0 bridgehead atoms. The molecule has 0 aliphatic heterocycles. The molecule has 0 N–H and O–H groups in total. The predicted molar refractivity (Wildman–Crippen MR) is 72.1 cm³/mol. The van der Waals surface area contributed by atoms with Crippen LogP contribution in [0.5, 0.6) is 0 Å². The van der Waals surface area contributed by atoms with Gasteiger partial charge in [0.2, 0.25) is 0 Å². The van der Waals surface area contributed by atoms with Crippen molar-refractivity contribution in [3.05, 3.63) is 16.1 Å². The minimum Gasteiger partial charge on any atom is -0.467 e. The SMILES string of the molecule is COC(=O)[C@@H](C)N(C(=O)c1scnc1C)C1CCC1. The van der Waals surface area contributed by atoms with Crippen molar-refractivity contribution >= 4 is 23.2 Å². The Morgan fingerprint density at radius 3 is 2.63 bits per heavy atom. The molecular weight excluding hydrogens is 264 g/mol. The normalized spacial score (nSPS) is 16.6. The van der Waals surface area contributed by atoms with Crippen molar-refractivity contribution in [1.82, 2.24) is 9.88 Å². The van der Waals surface area contributed by atoms with Crippen LogP contribution in [-0.2, 0) is 9.53 Å². The molecule has 1 saturated carbocycles. The average molecular weight is 282 g/mol.